The van der Waals surface area contributed by atoms with Crippen LogP contribution in [0.2, 0.25) is 0 Å². The molecule has 1 aliphatic rings. The molecule has 0 aromatic heterocycles. The van der Waals surface area contributed by atoms with Crippen molar-refractivity contribution in [2.75, 3.05) is 4.90 Å². The summed E-state index contributed by atoms with van der Waals surface area (Å²) in [6.45, 7) is 4.70. The first-order valence-corrected chi connectivity index (χ1v) is 16.0. The van der Waals surface area contributed by atoms with Crippen molar-refractivity contribution in [3.05, 3.63) is 169 Å². The minimum absolute atomic E-state index is 0.0659. The van der Waals surface area contributed by atoms with Gasteiger partial charge in [0.2, 0.25) is 0 Å². The third kappa shape index (κ3) is 4.56. The number of rotatable bonds is 5. The molecule has 0 fully saturated rings. The lowest BCUT2D eigenvalue weighted by molar-refractivity contribution is 0.661. The molecule has 0 bridgehead atoms. The molecule has 7 aromatic rings. The van der Waals surface area contributed by atoms with Crippen LogP contribution >= 0.6 is 12.6 Å². The quantitative estimate of drug-likeness (QED) is 0.194. The standard InChI is InChI=1S/C43H33NS/c1-43(2)38-20-12-11-19-37(38)42-39(43)27-30-13-9-10-18-36(30)41(42)31-23-26-35(40(45)28-31)29-21-24-34(25-22-29)44(32-14-5-3-6-15-32)33-16-7-4-8-17-33/h3-28,45H,1-2H3. The first kappa shape index (κ1) is 27.5. The van der Waals surface area contributed by atoms with Gasteiger partial charge in [-0.15, -0.1) is 12.6 Å². The van der Waals surface area contributed by atoms with Crippen LogP contribution in [0, 0.1) is 0 Å². The third-order valence-corrected chi connectivity index (χ3v) is 9.71. The molecule has 0 heterocycles. The largest absolute Gasteiger partial charge is 0.311 e. The molecule has 7 aromatic carbocycles. The van der Waals surface area contributed by atoms with Crippen LogP contribution in [0.5, 0.6) is 0 Å². The number of para-hydroxylation sites is 2. The van der Waals surface area contributed by atoms with Crippen LogP contribution in [0.4, 0.5) is 17.1 Å². The Morgan fingerprint density at radius 3 is 1.73 bits per heavy atom. The zero-order chi connectivity index (χ0) is 30.5. The SMILES string of the molecule is CC1(C)c2ccccc2-c2c1cc1ccccc1c2-c1ccc(-c2ccc(N(c3ccccc3)c3ccccc3)cc2)c(S)c1. The van der Waals surface area contributed by atoms with Crippen molar-refractivity contribution in [2.24, 2.45) is 0 Å². The van der Waals surface area contributed by atoms with Gasteiger partial charge in [-0.05, 0) is 104 Å². The van der Waals surface area contributed by atoms with Crippen LogP contribution < -0.4 is 4.90 Å². The molecule has 2 heteroatoms. The highest BCUT2D eigenvalue weighted by atomic mass is 32.1. The highest BCUT2D eigenvalue weighted by Gasteiger charge is 2.37. The molecule has 0 N–H and O–H groups in total. The molecule has 1 nitrogen and oxygen atoms in total. The average Bonchev–Trinajstić information content (AvgIpc) is 3.31. The summed E-state index contributed by atoms with van der Waals surface area (Å²) in [5.41, 5.74) is 13.5. The summed E-state index contributed by atoms with van der Waals surface area (Å²) in [5, 5.41) is 2.55. The Labute approximate surface area is 270 Å². The van der Waals surface area contributed by atoms with Gasteiger partial charge in [-0.1, -0.05) is 123 Å². The summed E-state index contributed by atoms with van der Waals surface area (Å²) < 4.78 is 0. The van der Waals surface area contributed by atoms with E-state index in [2.05, 4.69) is 176 Å². The molecule has 1 aliphatic carbocycles. The van der Waals surface area contributed by atoms with E-state index in [0.29, 0.717) is 0 Å². The summed E-state index contributed by atoms with van der Waals surface area (Å²) in [6.07, 6.45) is 0. The molecule has 0 saturated heterocycles. The number of hydrogen-bond acceptors (Lipinski definition) is 2. The fraction of sp³-hybridized carbons (Fsp3) is 0.0698. The maximum Gasteiger partial charge on any atom is 0.0462 e. The van der Waals surface area contributed by atoms with Crippen molar-refractivity contribution in [1.82, 2.24) is 0 Å². The molecule has 0 amide bonds. The minimum Gasteiger partial charge on any atom is -0.311 e. The van der Waals surface area contributed by atoms with Gasteiger partial charge in [0.1, 0.15) is 0 Å². The first-order valence-electron chi connectivity index (χ1n) is 15.5. The summed E-state index contributed by atoms with van der Waals surface area (Å²) in [7, 11) is 0. The summed E-state index contributed by atoms with van der Waals surface area (Å²) in [5.74, 6) is 0. The van der Waals surface area contributed by atoms with Crippen molar-refractivity contribution >= 4 is 40.5 Å². The van der Waals surface area contributed by atoms with E-state index in [4.69, 9.17) is 12.6 Å². The van der Waals surface area contributed by atoms with Crippen LogP contribution in [0.15, 0.2) is 163 Å². The van der Waals surface area contributed by atoms with E-state index < -0.39 is 0 Å². The molecular formula is C43H33NS. The van der Waals surface area contributed by atoms with Crippen molar-refractivity contribution in [3.8, 4) is 33.4 Å². The maximum atomic E-state index is 5.09. The van der Waals surface area contributed by atoms with Gasteiger partial charge < -0.3 is 4.90 Å². The highest BCUT2D eigenvalue weighted by molar-refractivity contribution is 7.80. The summed E-state index contributed by atoms with van der Waals surface area (Å²) >= 11 is 5.09. The average molecular weight is 596 g/mol. The number of thiol groups is 1. The number of hydrogen-bond donors (Lipinski definition) is 1. The fourth-order valence-electron chi connectivity index (χ4n) is 7.13. The predicted molar refractivity (Wildman–Crippen MR) is 194 cm³/mol. The third-order valence-electron chi connectivity index (χ3n) is 9.34. The molecule has 216 valence electrons. The van der Waals surface area contributed by atoms with Crippen LogP contribution in [-0.4, -0.2) is 0 Å². The zero-order valence-electron chi connectivity index (χ0n) is 25.4. The Bertz CT molecular complexity index is 2140. The summed E-state index contributed by atoms with van der Waals surface area (Å²) in [6, 6.07) is 56.7. The monoisotopic (exact) mass is 595 g/mol. The van der Waals surface area contributed by atoms with Gasteiger partial charge in [0, 0.05) is 27.4 Å². The van der Waals surface area contributed by atoms with E-state index in [1.807, 2.05) is 0 Å². The smallest absolute Gasteiger partial charge is 0.0462 e. The molecule has 0 saturated carbocycles. The van der Waals surface area contributed by atoms with Gasteiger partial charge in [-0.2, -0.15) is 0 Å². The van der Waals surface area contributed by atoms with Crippen molar-refractivity contribution in [1.29, 1.82) is 0 Å². The Hall–Kier alpha value is -5.05. The normalized spacial score (nSPS) is 13.0. The second-order valence-corrected chi connectivity index (χ2v) is 12.8. The molecule has 45 heavy (non-hydrogen) atoms. The van der Waals surface area contributed by atoms with E-state index in [-0.39, 0.29) is 5.41 Å². The first-order chi connectivity index (χ1) is 22.0. The highest BCUT2D eigenvalue weighted by Crippen LogP contribution is 2.54. The van der Waals surface area contributed by atoms with Crippen LogP contribution in [0.25, 0.3) is 44.2 Å². The number of anilines is 3. The second-order valence-electron chi connectivity index (χ2n) is 12.4. The maximum absolute atomic E-state index is 5.09. The van der Waals surface area contributed by atoms with E-state index in [0.717, 1.165) is 33.1 Å². The molecule has 0 aliphatic heterocycles. The number of nitrogens with zero attached hydrogens (tertiary/aromatic N) is 1. The van der Waals surface area contributed by atoms with Gasteiger partial charge in [0.15, 0.2) is 0 Å². The topological polar surface area (TPSA) is 3.24 Å². The van der Waals surface area contributed by atoms with Gasteiger partial charge >= 0.3 is 0 Å². The molecular weight excluding hydrogens is 563 g/mol. The zero-order valence-corrected chi connectivity index (χ0v) is 26.3. The lowest BCUT2D eigenvalue weighted by atomic mass is 9.80. The van der Waals surface area contributed by atoms with Gasteiger partial charge in [0.05, 0.1) is 0 Å². The Balaban J connectivity index is 1.22. The van der Waals surface area contributed by atoms with E-state index in [1.165, 1.54) is 44.2 Å². The number of benzene rings is 7. The Morgan fingerprint density at radius 2 is 1.04 bits per heavy atom. The van der Waals surface area contributed by atoms with Crippen molar-refractivity contribution in [2.45, 2.75) is 24.2 Å². The lowest BCUT2D eigenvalue weighted by Crippen LogP contribution is -2.14. The van der Waals surface area contributed by atoms with Crippen LogP contribution in [0.3, 0.4) is 0 Å². The molecule has 0 unspecified atom stereocenters. The fourth-order valence-corrected chi connectivity index (χ4v) is 7.48. The number of fused-ring (bicyclic) bond motifs is 4. The van der Waals surface area contributed by atoms with Crippen molar-refractivity contribution in [3.63, 3.8) is 0 Å². The Kier molecular flexibility index (Phi) is 6.62. The van der Waals surface area contributed by atoms with E-state index in [9.17, 15) is 0 Å². The van der Waals surface area contributed by atoms with Crippen LogP contribution in [0.1, 0.15) is 25.0 Å². The second kappa shape index (κ2) is 10.8. The van der Waals surface area contributed by atoms with Crippen molar-refractivity contribution < 1.29 is 0 Å². The molecule has 0 spiro atoms. The van der Waals surface area contributed by atoms with Crippen LogP contribution in [-0.2, 0) is 5.41 Å². The van der Waals surface area contributed by atoms with Gasteiger partial charge in [-0.3, -0.25) is 0 Å². The lowest BCUT2D eigenvalue weighted by Gasteiger charge is -2.25. The molecule has 0 atom stereocenters. The minimum atomic E-state index is -0.0659. The molecule has 8 rings (SSSR count). The molecule has 0 radical (unpaired) electrons. The summed E-state index contributed by atoms with van der Waals surface area (Å²) in [4.78, 5) is 3.25. The van der Waals surface area contributed by atoms with E-state index >= 15 is 0 Å². The predicted octanol–water partition coefficient (Wildman–Crippen LogP) is 12.2. The van der Waals surface area contributed by atoms with E-state index in [1.54, 1.807) is 0 Å². The Morgan fingerprint density at radius 1 is 0.467 bits per heavy atom. The van der Waals surface area contributed by atoms with Gasteiger partial charge in [-0.25, -0.2) is 0 Å². The van der Waals surface area contributed by atoms with Gasteiger partial charge in [0.25, 0.3) is 0 Å².